The Morgan fingerprint density at radius 2 is 2.11 bits per heavy atom. The average molecular weight is 264 g/mol. The highest BCUT2D eigenvalue weighted by molar-refractivity contribution is 5.18. The molecule has 1 aromatic rings. The van der Waals surface area contributed by atoms with E-state index in [9.17, 15) is 4.39 Å². The molecule has 2 N–H and O–H groups in total. The summed E-state index contributed by atoms with van der Waals surface area (Å²) in [7, 11) is 0. The molecule has 1 aliphatic heterocycles. The monoisotopic (exact) mass is 264 g/mol. The molecule has 1 heterocycles. The molecule has 1 aromatic carbocycles. The summed E-state index contributed by atoms with van der Waals surface area (Å²) in [5, 5.41) is 0. The van der Waals surface area contributed by atoms with Gasteiger partial charge in [-0.15, -0.1) is 0 Å². The zero-order valence-electron chi connectivity index (χ0n) is 12.0. The smallest absolute Gasteiger partial charge is 0.126 e. The lowest BCUT2D eigenvalue weighted by Crippen LogP contribution is -2.53. The Bertz CT molecular complexity index is 407. The SMILES string of the molecule is CC1CCCC(CN)N1C(C)Cc1ccccc1F. The van der Waals surface area contributed by atoms with Crippen molar-refractivity contribution in [1.82, 2.24) is 4.90 Å². The highest BCUT2D eigenvalue weighted by Gasteiger charge is 2.30. The van der Waals surface area contributed by atoms with Gasteiger partial charge >= 0.3 is 0 Å². The summed E-state index contributed by atoms with van der Waals surface area (Å²) in [5.74, 6) is -0.0942. The van der Waals surface area contributed by atoms with Crippen LogP contribution < -0.4 is 5.73 Å². The van der Waals surface area contributed by atoms with Gasteiger partial charge in [0.1, 0.15) is 5.82 Å². The molecule has 106 valence electrons. The Labute approximate surface area is 115 Å². The maximum absolute atomic E-state index is 13.8. The number of halogens is 1. The van der Waals surface area contributed by atoms with E-state index >= 15 is 0 Å². The van der Waals surface area contributed by atoms with Gasteiger partial charge in [-0.25, -0.2) is 4.39 Å². The molecule has 0 aromatic heterocycles. The third kappa shape index (κ3) is 3.34. The van der Waals surface area contributed by atoms with Crippen LogP contribution in [-0.4, -0.2) is 29.6 Å². The Morgan fingerprint density at radius 3 is 2.79 bits per heavy atom. The summed E-state index contributed by atoms with van der Waals surface area (Å²) in [6.07, 6.45) is 4.40. The minimum Gasteiger partial charge on any atom is -0.329 e. The molecule has 0 bridgehead atoms. The minimum absolute atomic E-state index is 0.0942. The highest BCUT2D eigenvalue weighted by atomic mass is 19.1. The summed E-state index contributed by atoms with van der Waals surface area (Å²) < 4.78 is 13.8. The first-order chi connectivity index (χ1) is 9.13. The van der Waals surface area contributed by atoms with Gasteiger partial charge in [-0.1, -0.05) is 24.6 Å². The van der Waals surface area contributed by atoms with E-state index in [1.165, 1.54) is 19.3 Å². The van der Waals surface area contributed by atoms with Crippen LogP contribution in [0.25, 0.3) is 0 Å². The van der Waals surface area contributed by atoms with Crippen molar-refractivity contribution >= 4 is 0 Å². The Hall–Kier alpha value is -0.930. The Kier molecular flexibility index (Phi) is 4.94. The van der Waals surface area contributed by atoms with Gasteiger partial charge < -0.3 is 5.73 Å². The number of hydrogen-bond donors (Lipinski definition) is 1. The molecule has 3 unspecified atom stereocenters. The molecule has 3 atom stereocenters. The average Bonchev–Trinajstić information content (AvgIpc) is 2.40. The van der Waals surface area contributed by atoms with Crippen molar-refractivity contribution in [3.63, 3.8) is 0 Å². The molecule has 0 radical (unpaired) electrons. The van der Waals surface area contributed by atoms with Gasteiger partial charge in [0.15, 0.2) is 0 Å². The van der Waals surface area contributed by atoms with Crippen molar-refractivity contribution in [1.29, 1.82) is 0 Å². The fourth-order valence-electron chi connectivity index (χ4n) is 3.43. The molecule has 1 aliphatic rings. The van der Waals surface area contributed by atoms with E-state index in [2.05, 4.69) is 18.7 Å². The summed E-state index contributed by atoms with van der Waals surface area (Å²) in [6, 6.07) is 8.41. The number of piperidine rings is 1. The van der Waals surface area contributed by atoms with Crippen LogP contribution in [0.1, 0.15) is 38.7 Å². The number of likely N-dealkylation sites (tertiary alicyclic amines) is 1. The molecule has 0 aliphatic carbocycles. The van der Waals surface area contributed by atoms with E-state index in [1.807, 2.05) is 12.1 Å². The lowest BCUT2D eigenvalue weighted by molar-refractivity contribution is 0.0572. The molecule has 1 fully saturated rings. The highest BCUT2D eigenvalue weighted by Crippen LogP contribution is 2.26. The second-order valence-corrected chi connectivity index (χ2v) is 5.76. The van der Waals surface area contributed by atoms with E-state index < -0.39 is 0 Å². The van der Waals surface area contributed by atoms with Crippen LogP contribution in [0.3, 0.4) is 0 Å². The predicted octanol–water partition coefficient (Wildman–Crippen LogP) is 2.96. The minimum atomic E-state index is -0.0942. The topological polar surface area (TPSA) is 29.3 Å². The first-order valence-electron chi connectivity index (χ1n) is 7.34. The van der Waals surface area contributed by atoms with E-state index in [4.69, 9.17) is 5.73 Å². The van der Waals surface area contributed by atoms with Crippen LogP contribution in [0.4, 0.5) is 4.39 Å². The molecular formula is C16H25FN2. The summed E-state index contributed by atoms with van der Waals surface area (Å²) in [6.45, 7) is 5.16. The first-order valence-corrected chi connectivity index (χ1v) is 7.34. The predicted molar refractivity (Wildman–Crippen MR) is 77.6 cm³/mol. The molecule has 3 heteroatoms. The maximum Gasteiger partial charge on any atom is 0.126 e. The van der Waals surface area contributed by atoms with Crippen molar-refractivity contribution in [2.75, 3.05) is 6.54 Å². The van der Waals surface area contributed by atoms with Crippen molar-refractivity contribution in [3.8, 4) is 0 Å². The molecule has 2 nitrogen and oxygen atoms in total. The van der Waals surface area contributed by atoms with Crippen LogP contribution in [0.2, 0.25) is 0 Å². The van der Waals surface area contributed by atoms with E-state index in [0.29, 0.717) is 24.7 Å². The number of nitrogens with two attached hydrogens (primary N) is 1. The molecule has 0 saturated carbocycles. The van der Waals surface area contributed by atoms with Crippen molar-refractivity contribution in [2.24, 2.45) is 5.73 Å². The molecule has 19 heavy (non-hydrogen) atoms. The van der Waals surface area contributed by atoms with Gasteiger partial charge in [0, 0.05) is 24.7 Å². The number of nitrogens with zero attached hydrogens (tertiary/aromatic N) is 1. The lowest BCUT2D eigenvalue weighted by Gasteiger charge is -2.44. The van der Waals surface area contributed by atoms with Crippen LogP contribution >= 0.6 is 0 Å². The standard InChI is InChI=1S/C16H25FN2/c1-12-6-5-8-15(11-18)19(12)13(2)10-14-7-3-4-9-16(14)17/h3-4,7,9,12-13,15H,5-6,8,10-11,18H2,1-2H3. The van der Waals surface area contributed by atoms with Crippen LogP contribution in [0, 0.1) is 5.82 Å². The van der Waals surface area contributed by atoms with E-state index in [1.54, 1.807) is 12.1 Å². The molecular weight excluding hydrogens is 239 g/mol. The zero-order chi connectivity index (χ0) is 13.8. The third-order valence-electron chi connectivity index (χ3n) is 4.34. The van der Waals surface area contributed by atoms with Crippen molar-refractivity contribution in [2.45, 2.75) is 57.7 Å². The lowest BCUT2D eigenvalue weighted by atomic mass is 9.92. The maximum atomic E-state index is 13.8. The summed E-state index contributed by atoms with van der Waals surface area (Å²) in [4.78, 5) is 2.50. The molecule has 0 amide bonds. The Morgan fingerprint density at radius 1 is 1.37 bits per heavy atom. The normalized spacial score (nSPS) is 26.3. The number of rotatable bonds is 4. The molecule has 2 rings (SSSR count). The Balaban J connectivity index is 2.09. The largest absolute Gasteiger partial charge is 0.329 e. The van der Waals surface area contributed by atoms with E-state index in [-0.39, 0.29) is 5.82 Å². The second-order valence-electron chi connectivity index (χ2n) is 5.76. The number of benzene rings is 1. The van der Waals surface area contributed by atoms with Crippen LogP contribution in [0.15, 0.2) is 24.3 Å². The quantitative estimate of drug-likeness (QED) is 0.906. The van der Waals surface area contributed by atoms with Crippen molar-refractivity contribution < 1.29 is 4.39 Å². The summed E-state index contributed by atoms with van der Waals surface area (Å²) in [5.41, 5.74) is 6.71. The molecule has 0 spiro atoms. The van der Waals surface area contributed by atoms with Crippen LogP contribution in [0.5, 0.6) is 0 Å². The fourth-order valence-corrected chi connectivity index (χ4v) is 3.43. The van der Waals surface area contributed by atoms with Crippen molar-refractivity contribution in [3.05, 3.63) is 35.6 Å². The van der Waals surface area contributed by atoms with Gasteiger partial charge in [0.05, 0.1) is 0 Å². The van der Waals surface area contributed by atoms with Gasteiger partial charge in [0.2, 0.25) is 0 Å². The first kappa shape index (κ1) is 14.5. The van der Waals surface area contributed by atoms with Gasteiger partial charge in [-0.2, -0.15) is 0 Å². The fraction of sp³-hybridized carbons (Fsp3) is 0.625. The van der Waals surface area contributed by atoms with Gasteiger partial charge in [0.25, 0.3) is 0 Å². The molecule has 1 saturated heterocycles. The number of hydrogen-bond acceptors (Lipinski definition) is 2. The van der Waals surface area contributed by atoms with Gasteiger partial charge in [-0.05, 0) is 44.7 Å². The van der Waals surface area contributed by atoms with Crippen LogP contribution in [-0.2, 0) is 6.42 Å². The van der Waals surface area contributed by atoms with E-state index in [0.717, 1.165) is 12.0 Å². The third-order valence-corrected chi connectivity index (χ3v) is 4.34. The summed E-state index contributed by atoms with van der Waals surface area (Å²) >= 11 is 0. The zero-order valence-corrected chi connectivity index (χ0v) is 12.0. The second kappa shape index (κ2) is 6.49. The van der Waals surface area contributed by atoms with Gasteiger partial charge in [-0.3, -0.25) is 4.90 Å².